The molecule has 0 radical (unpaired) electrons. The van der Waals surface area contributed by atoms with E-state index in [2.05, 4.69) is 49.9 Å². The number of methoxy groups -OCH3 is 1. The van der Waals surface area contributed by atoms with Gasteiger partial charge in [0.2, 0.25) is 0 Å². The first-order valence-corrected chi connectivity index (χ1v) is 7.33. The lowest BCUT2D eigenvalue weighted by atomic mass is 10.1. The summed E-state index contributed by atoms with van der Waals surface area (Å²) in [5.41, 5.74) is 3.59. The molecule has 0 saturated heterocycles. The second-order valence-electron chi connectivity index (χ2n) is 6.47. The lowest BCUT2D eigenvalue weighted by Crippen LogP contribution is -2.37. The van der Waals surface area contributed by atoms with E-state index in [0.717, 1.165) is 36.6 Å². The molecule has 0 amide bonds. The van der Waals surface area contributed by atoms with Crippen LogP contribution in [0.1, 0.15) is 50.5 Å². The zero-order chi connectivity index (χ0) is 15.3. The quantitative estimate of drug-likeness (QED) is 0.869. The van der Waals surface area contributed by atoms with Crippen LogP contribution in [-0.4, -0.2) is 35.3 Å². The van der Waals surface area contributed by atoms with E-state index in [0.29, 0.717) is 0 Å². The van der Waals surface area contributed by atoms with E-state index in [9.17, 15) is 0 Å². The van der Waals surface area contributed by atoms with Crippen molar-refractivity contribution in [2.24, 2.45) is 0 Å². The van der Waals surface area contributed by atoms with Crippen molar-refractivity contribution in [1.82, 2.24) is 15.3 Å². The highest BCUT2D eigenvalue weighted by Gasteiger charge is 2.13. The first kappa shape index (κ1) is 17.1. The molecule has 1 rings (SSSR count). The molecular weight excluding hydrogens is 250 g/mol. The topological polar surface area (TPSA) is 47.0 Å². The van der Waals surface area contributed by atoms with Gasteiger partial charge in [0.05, 0.1) is 6.10 Å². The van der Waals surface area contributed by atoms with Crippen molar-refractivity contribution < 1.29 is 4.74 Å². The van der Waals surface area contributed by atoms with Gasteiger partial charge in [0, 0.05) is 30.5 Å². The smallest absolute Gasteiger partial charge is 0.131 e. The van der Waals surface area contributed by atoms with E-state index < -0.39 is 0 Å². The summed E-state index contributed by atoms with van der Waals surface area (Å²) >= 11 is 0. The summed E-state index contributed by atoms with van der Waals surface area (Å²) in [5, 5.41) is 3.51. The highest BCUT2D eigenvalue weighted by Crippen LogP contribution is 2.13. The average molecular weight is 279 g/mol. The third-order valence-electron chi connectivity index (χ3n) is 3.37. The number of aryl methyl sites for hydroxylation is 2. The van der Waals surface area contributed by atoms with Crippen molar-refractivity contribution in [3.05, 3.63) is 22.8 Å². The monoisotopic (exact) mass is 279 g/mol. The van der Waals surface area contributed by atoms with Crippen LogP contribution in [0, 0.1) is 13.8 Å². The maximum atomic E-state index is 5.28. The van der Waals surface area contributed by atoms with Crippen molar-refractivity contribution in [2.45, 2.75) is 66.0 Å². The number of rotatable bonds is 6. The second kappa shape index (κ2) is 7.14. The molecule has 114 valence electrons. The molecule has 0 fully saturated rings. The Kier molecular flexibility index (Phi) is 6.08. The number of hydrogen-bond donors (Lipinski definition) is 1. The number of aromatic nitrogens is 2. The molecule has 0 bridgehead atoms. The molecule has 0 aromatic carbocycles. The Balaban J connectivity index is 2.74. The molecule has 1 unspecified atom stereocenters. The summed E-state index contributed by atoms with van der Waals surface area (Å²) in [7, 11) is 1.72. The van der Waals surface area contributed by atoms with E-state index in [-0.39, 0.29) is 11.6 Å². The van der Waals surface area contributed by atoms with E-state index in [1.807, 2.05) is 6.92 Å². The fourth-order valence-electron chi connectivity index (χ4n) is 2.16. The normalized spacial score (nSPS) is 13.6. The Morgan fingerprint density at radius 2 is 1.70 bits per heavy atom. The van der Waals surface area contributed by atoms with Gasteiger partial charge in [-0.15, -0.1) is 0 Å². The van der Waals surface area contributed by atoms with Crippen molar-refractivity contribution in [3.8, 4) is 0 Å². The van der Waals surface area contributed by atoms with E-state index in [1.54, 1.807) is 7.11 Å². The van der Waals surface area contributed by atoms with Crippen molar-refractivity contribution >= 4 is 0 Å². The van der Waals surface area contributed by atoms with Crippen molar-refractivity contribution in [1.29, 1.82) is 0 Å². The Labute approximate surface area is 123 Å². The first-order valence-electron chi connectivity index (χ1n) is 7.33. The van der Waals surface area contributed by atoms with Crippen LogP contribution >= 0.6 is 0 Å². The third-order valence-corrected chi connectivity index (χ3v) is 3.37. The molecule has 0 aliphatic carbocycles. The largest absolute Gasteiger partial charge is 0.381 e. The van der Waals surface area contributed by atoms with Crippen LogP contribution < -0.4 is 5.32 Å². The summed E-state index contributed by atoms with van der Waals surface area (Å²) < 4.78 is 5.28. The lowest BCUT2D eigenvalue weighted by Gasteiger charge is -2.21. The minimum absolute atomic E-state index is 0.149. The molecule has 4 heteroatoms. The Bertz CT molecular complexity index is 415. The molecule has 1 heterocycles. The van der Waals surface area contributed by atoms with Gasteiger partial charge in [0.15, 0.2) is 0 Å². The third kappa shape index (κ3) is 5.55. The van der Waals surface area contributed by atoms with Gasteiger partial charge < -0.3 is 10.1 Å². The van der Waals surface area contributed by atoms with Crippen LogP contribution in [-0.2, 0) is 17.6 Å². The summed E-state index contributed by atoms with van der Waals surface area (Å²) in [6, 6.07) is 0. The average Bonchev–Trinajstić information content (AvgIpc) is 2.31. The Hall–Kier alpha value is -1.00. The lowest BCUT2D eigenvalue weighted by molar-refractivity contribution is 0.117. The van der Waals surface area contributed by atoms with Gasteiger partial charge in [-0.3, -0.25) is 0 Å². The fourth-order valence-corrected chi connectivity index (χ4v) is 2.16. The first-order chi connectivity index (χ1) is 9.23. The van der Waals surface area contributed by atoms with Gasteiger partial charge in [-0.25, -0.2) is 9.97 Å². The van der Waals surface area contributed by atoms with Crippen molar-refractivity contribution in [2.75, 3.05) is 13.7 Å². The molecule has 20 heavy (non-hydrogen) atoms. The van der Waals surface area contributed by atoms with E-state index in [4.69, 9.17) is 4.74 Å². The fraction of sp³-hybridized carbons (Fsp3) is 0.750. The van der Waals surface area contributed by atoms with Crippen molar-refractivity contribution in [3.63, 3.8) is 0 Å². The van der Waals surface area contributed by atoms with Crippen LogP contribution in [0.15, 0.2) is 0 Å². The summed E-state index contributed by atoms with van der Waals surface area (Å²) in [6.45, 7) is 13.7. The highest BCUT2D eigenvalue weighted by atomic mass is 16.5. The molecule has 1 N–H and O–H groups in total. The van der Waals surface area contributed by atoms with Crippen LogP contribution in [0.25, 0.3) is 0 Å². The van der Waals surface area contributed by atoms with Gasteiger partial charge in [0.25, 0.3) is 0 Å². The van der Waals surface area contributed by atoms with Crippen LogP contribution in [0.3, 0.4) is 0 Å². The minimum atomic E-state index is 0.149. The van der Waals surface area contributed by atoms with Gasteiger partial charge in [-0.1, -0.05) is 0 Å². The number of nitrogens with one attached hydrogen (secondary N) is 1. The van der Waals surface area contributed by atoms with Gasteiger partial charge in [0.1, 0.15) is 5.82 Å². The van der Waals surface area contributed by atoms with Crippen LogP contribution in [0.2, 0.25) is 0 Å². The van der Waals surface area contributed by atoms with E-state index in [1.165, 1.54) is 5.56 Å². The maximum Gasteiger partial charge on any atom is 0.131 e. The molecule has 0 aliphatic heterocycles. The Morgan fingerprint density at radius 1 is 1.15 bits per heavy atom. The number of ether oxygens (including phenoxy) is 1. The highest BCUT2D eigenvalue weighted by molar-refractivity contribution is 5.25. The second-order valence-corrected chi connectivity index (χ2v) is 6.47. The van der Waals surface area contributed by atoms with Crippen LogP contribution in [0.5, 0.6) is 0 Å². The van der Waals surface area contributed by atoms with Gasteiger partial charge >= 0.3 is 0 Å². The predicted octanol–water partition coefficient (Wildman–Crippen LogP) is 2.60. The number of nitrogens with zero attached hydrogens (tertiary/aromatic N) is 2. The standard InChI is InChI=1S/C16H29N3O/c1-11(20-7)10-15-18-12(2)14(13(3)19-15)8-9-17-16(4,5)6/h11,17H,8-10H2,1-7H3. The molecular formula is C16H29N3O. The van der Waals surface area contributed by atoms with E-state index >= 15 is 0 Å². The Morgan fingerprint density at radius 3 is 2.15 bits per heavy atom. The molecule has 0 saturated carbocycles. The minimum Gasteiger partial charge on any atom is -0.381 e. The SMILES string of the molecule is COC(C)Cc1nc(C)c(CCNC(C)(C)C)c(C)n1. The summed E-state index contributed by atoms with van der Waals surface area (Å²) in [5.74, 6) is 0.877. The predicted molar refractivity (Wildman–Crippen MR) is 83.1 cm³/mol. The summed E-state index contributed by atoms with van der Waals surface area (Å²) in [6.07, 6.45) is 1.88. The molecule has 0 aliphatic rings. The van der Waals surface area contributed by atoms with Gasteiger partial charge in [-0.2, -0.15) is 0 Å². The molecule has 1 aromatic rings. The summed E-state index contributed by atoms with van der Waals surface area (Å²) in [4.78, 5) is 9.24. The molecule has 1 aromatic heterocycles. The maximum absolute atomic E-state index is 5.28. The molecule has 4 nitrogen and oxygen atoms in total. The van der Waals surface area contributed by atoms with Gasteiger partial charge in [-0.05, 0) is 60.1 Å². The zero-order valence-electron chi connectivity index (χ0n) is 14.0. The zero-order valence-corrected chi connectivity index (χ0v) is 14.0. The number of hydrogen-bond acceptors (Lipinski definition) is 4. The van der Waals surface area contributed by atoms with Crippen LogP contribution in [0.4, 0.5) is 0 Å². The molecule has 1 atom stereocenters. The molecule has 0 spiro atoms.